The first-order valence-corrected chi connectivity index (χ1v) is 6.61. The van der Waals surface area contributed by atoms with Crippen molar-refractivity contribution in [3.05, 3.63) is 47.5 Å². The average molecular weight is 252 g/mol. The standard InChI is InChI=1S/C17H20N2/c1-13-4-6-16-9-14(5-7-15(16)8-13)10-19-12-17(2,3)11-18/h4-9,19H,10,12H2,1-3H3. The Morgan fingerprint density at radius 3 is 2.53 bits per heavy atom. The Kier molecular flexibility index (Phi) is 3.87. The number of hydrogen-bond donors (Lipinski definition) is 1. The second kappa shape index (κ2) is 5.42. The summed E-state index contributed by atoms with van der Waals surface area (Å²) in [4.78, 5) is 0. The Labute approximate surface area is 115 Å². The van der Waals surface area contributed by atoms with E-state index in [0.717, 1.165) is 6.54 Å². The van der Waals surface area contributed by atoms with Crippen LogP contribution in [0.25, 0.3) is 10.8 Å². The number of nitriles is 1. The zero-order valence-electron chi connectivity index (χ0n) is 11.8. The van der Waals surface area contributed by atoms with Gasteiger partial charge in [0.1, 0.15) is 0 Å². The summed E-state index contributed by atoms with van der Waals surface area (Å²) in [5.74, 6) is 0. The van der Waals surface area contributed by atoms with Crippen molar-refractivity contribution in [2.45, 2.75) is 27.3 Å². The van der Waals surface area contributed by atoms with Crippen molar-refractivity contribution in [2.24, 2.45) is 5.41 Å². The van der Waals surface area contributed by atoms with Gasteiger partial charge in [-0.2, -0.15) is 5.26 Å². The van der Waals surface area contributed by atoms with Crippen molar-refractivity contribution in [3.63, 3.8) is 0 Å². The van der Waals surface area contributed by atoms with Crippen LogP contribution in [0.2, 0.25) is 0 Å². The van der Waals surface area contributed by atoms with Crippen LogP contribution in [0.4, 0.5) is 0 Å². The lowest BCUT2D eigenvalue weighted by Gasteiger charge is -2.16. The highest BCUT2D eigenvalue weighted by atomic mass is 14.9. The van der Waals surface area contributed by atoms with Gasteiger partial charge in [-0.15, -0.1) is 0 Å². The third-order valence-corrected chi connectivity index (χ3v) is 3.26. The normalized spacial score (nSPS) is 11.5. The smallest absolute Gasteiger partial charge is 0.0697 e. The highest BCUT2D eigenvalue weighted by Crippen LogP contribution is 2.18. The molecule has 0 aliphatic carbocycles. The summed E-state index contributed by atoms with van der Waals surface area (Å²) in [5, 5.41) is 14.9. The molecule has 0 heterocycles. The van der Waals surface area contributed by atoms with Crippen LogP contribution in [0.15, 0.2) is 36.4 Å². The lowest BCUT2D eigenvalue weighted by molar-refractivity contribution is 0.445. The minimum Gasteiger partial charge on any atom is -0.311 e. The number of nitrogens with one attached hydrogen (secondary N) is 1. The summed E-state index contributed by atoms with van der Waals surface area (Å²) < 4.78 is 0. The van der Waals surface area contributed by atoms with Crippen LogP contribution in [0.3, 0.4) is 0 Å². The molecule has 98 valence electrons. The molecule has 2 heteroatoms. The van der Waals surface area contributed by atoms with Crippen LogP contribution in [0.1, 0.15) is 25.0 Å². The van der Waals surface area contributed by atoms with Crippen LogP contribution >= 0.6 is 0 Å². The molecular formula is C17H20N2. The number of rotatable bonds is 4. The fourth-order valence-corrected chi connectivity index (χ4v) is 2.08. The van der Waals surface area contributed by atoms with E-state index in [2.05, 4.69) is 54.7 Å². The second-order valence-electron chi connectivity index (χ2n) is 5.78. The number of aryl methyl sites for hydroxylation is 1. The Balaban J connectivity index is 2.06. The van der Waals surface area contributed by atoms with Gasteiger partial charge in [0.2, 0.25) is 0 Å². The van der Waals surface area contributed by atoms with Crippen molar-refractivity contribution in [2.75, 3.05) is 6.54 Å². The van der Waals surface area contributed by atoms with Gasteiger partial charge in [0, 0.05) is 13.1 Å². The Bertz CT molecular complexity index is 621. The van der Waals surface area contributed by atoms with Crippen LogP contribution in [-0.4, -0.2) is 6.54 Å². The maximum absolute atomic E-state index is 8.97. The fourth-order valence-electron chi connectivity index (χ4n) is 2.08. The molecule has 0 radical (unpaired) electrons. The third-order valence-electron chi connectivity index (χ3n) is 3.26. The maximum Gasteiger partial charge on any atom is 0.0697 e. The topological polar surface area (TPSA) is 35.8 Å². The summed E-state index contributed by atoms with van der Waals surface area (Å²) in [7, 11) is 0. The molecule has 0 saturated heterocycles. The van der Waals surface area contributed by atoms with E-state index in [1.807, 2.05) is 13.8 Å². The molecule has 2 rings (SSSR count). The fraction of sp³-hybridized carbons (Fsp3) is 0.353. The van der Waals surface area contributed by atoms with Gasteiger partial charge >= 0.3 is 0 Å². The lowest BCUT2D eigenvalue weighted by Crippen LogP contribution is -2.27. The molecule has 0 aliphatic heterocycles. The van der Waals surface area contributed by atoms with Gasteiger partial charge in [-0.25, -0.2) is 0 Å². The summed E-state index contributed by atoms with van der Waals surface area (Å²) >= 11 is 0. The van der Waals surface area contributed by atoms with Crippen LogP contribution in [-0.2, 0) is 6.54 Å². The molecule has 0 atom stereocenters. The molecule has 19 heavy (non-hydrogen) atoms. The molecular weight excluding hydrogens is 232 g/mol. The van der Waals surface area contributed by atoms with E-state index in [4.69, 9.17) is 5.26 Å². The van der Waals surface area contributed by atoms with E-state index in [1.165, 1.54) is 21.9 Å². The highest BCUT2D eigenvalue weighted by Gasteiger charge is 2.15. The predicted molar refractivity (Wildman–Crippen MR) is 79.8 cm³/mol. The van der Waals surface area contributed by atoms with Gasteiger partial charge in [0.15, 0.2) is 0 Å². The SMILES string of the molecule is Cc1ccc2cc(CNCC(C)(C)C#N)ccc2c1. The van der Waals surface area contributed by atoms with Gasteiger partial charge in [-0.1, -0.05) is 35.9 Å². The Morgan fingerprint density at radius 1 is 1.11 bits per heavy atom. The van der Waals surface area contributed by atoms with E-state index in [1.54, 1.807) is 0 Å². The van der Waals surface area contributed by atoms with Crippen molar-refractivity contribution < 1.29 is 0 Å². The quantitative estimate of drug-likeness (QED) is 0.898. The van der Waals surface area contributed by atoms with Gasteiger partial charge in [0.25, 0.3) is 0 Å². The monoisotopic (exact) mass is 252 g/mol. The summed E-state index contributed by atoms with van der Waals surface area (Å²) in [6.07, 6.45) is 0. The van der Waals surface area contributed by atoms with Crippen molar-refractivity contribution >= 4 is 10.8 Å². The molecule has 0 amide bonds. The molecule has 0 aromatic heterocycles. The van der Waals surface area contributed by atoms with Gasteiger partial charge in [-0.3, -0.25) is 0 Å². The molecule has 0 aliphatic rings. The summed E-state index contributed by atoms with van der Waals surface area (Å²) in [6, 6.07) is 15.3. The van der Waals surface area contributed by atoms with Gasteiger partial charge in [0.05, 0.1) is 11.5 Å². The van der Waals surface area contributed by atoms with Crippen LogP contribution in [0.5, 0.6) is 0 Å². The van der Waals surface area contributed by atoms with Crippen molar-refractivity contribution in [1.29, 1.82) is 5.26 Å². The summed E-state index contributed by atoms with van der Waals surface area (Å²) in [5.41, 5.74) is 2.23. The highest BCUT2D eigenvalue weighted by molar-refractivity contribution is 5.83. The molecule has 0 spiro atoms. The van der Waals surface area contributed by atoms with E-state index in [9.17, 15) is 0 Å². The first-order valence-electron chi connectivity index (χ1n) is 6.61. The Morgan fingerprint density at radius 2 is 1.79 bits per heavy atom. The first-order chi connectivity index (χ1) is 9.00. The van der Waals surface area contributed by atoms with E-state index < -0.39 is 0 Å². The molecule has 0 fully saturated rings. The zero-order chi connectivity index (χ0) is 13.9. The molecule has 0 unspecified atom stereocenters. The predicted octanol–water partition coefficient (Wildman–Crippen LogP) is 3.79. The van der Waals surface area contributed by atoms with Gasteiger partial charge < -0.3 is 5.32 Å². The van der Waals surface area contributed by atoms with Gasteiger partial charge in [-0.05, 0) is 43.2 Å². The minimum absolute atomic E-state index is 0.312. The van der Waals surface area contributed by atoms with E-state index >= 15 is 0 Å². The molecule has 2 aromatic rings. The summed E-state index contributed by atoms with van der Waals surface area (Å²) in [6.45, 7) is 7.51. The van der Waals surface area contributed by atoms with E-state index in [-0.39, 0.29) is 5.41 Å². The number of nitrogens with zero attached hydrogens (tertiary/aromatic N) is 1. The zero-order valence-corrected chi connectivity index (χ0v) is 11.8. The number of fused-ring (bicyclic) bond motifs is 1. The molecule has 2 nitrogen and oxygen atoms in total. The minimum atomic E-state index is -0.312. The largest absolute Gasteiger partial charge is 0.311 e. The first kappa shape index (κ1) is 13.6. The maximum atomic E-state index is 8.97. The van der Waals surface area contributed by atoms with E-state index in [0.29, 0.717) is 6.54 Å². The van der Waals surface area contributed by atoms with Crippen LogP contribution in [0, 0.1) is 23.7 Å². The van der Waals surface area contributed by atoms with Crippen molar-refractivity contribution in [1.82, 2.24) is 5.32 Å². The third kappa shape index (κ3) is 3.56. The van der Waals surface area contributed by atoms with Crippen LogP contribution < -0.4 is 5.32 Å². The van der Waals surface area contributed by atoms with Crippen molar-refractivity contribution in [3.8, 4) is 6.07 Å². The number of benzene rings is 2. The average Bonchev–Trinajstić information content (AvgIpc) is 2.39. The second-order valence-corrected chi connectivity index (χ2v) is 5.78. The molecule has 1 N–H and O–H groups in total. The number of hydrogen-bond acceptors (Lipinski definition) is 2. The Hall–Kier alpha value is -1.85. The molecule has 0 bridgehead atoms. The lowest BCUT2D eigenvalue weighted by atomic mass is 9.96. The molecule has 0 saturated carbocycles. The molecule has 2 aromatic carbocycles.